The van der Waals surface area contributed by atoms with E-state index in [2.05, 4.69) is 20.6 Å². The van der Waals surface area contributed by atoms with Crippen molar-refractivity contribution in [2.45, 2.75) is 19.4 Å². The van der Waals surface area contributed by atoms with Crippen molar-refractivity contribution >= 4 is 35.5 Å². The van der Waals surface area contributed by atoms with E-state index in [0.717, 1.165) is 4.90 Å². The van der Waals surface area contributed by atoms with Crippen LogP contribution in [0.2, 0.25) is 0 Å². The molecule has 2 aliphatic heterocycles. The zero-order valence-electron chi connectivity index (χ0n) is 23.7. The molecule has 2 aromatic heterocycles. The summed E-state index contributed by atoms with van der Waals surface area (Å²) in [7, 11) is 3.38. The Morgan fingerprint density at radius 3 is 2.95 bits per heavy atom. The number of nitrogens with zero attached hydrogens (tertiary/aromatic N) is 6. The number of ether oxygens (including phenoxy) is 1. The van der Waals surface area contributed by atoms with Crippen LogP contribution in [-0.4, -0.2) is 91.4 Å². The van der Waals surface area contributed by atoms with Crippen molar-refractivity contribution in [3.63, 3.8) is 0 Å². The number of aryl methyl sites for hydroxylation is 1. The first kappa shape index (κ1) is 22.1. The summed E-state index contributed by atoms with van der Waals surface area (Å²) in [5.41, 5.74) is 1.48. The summed E-state index contributed by atoms with van der Waals surface area (Å²) in [6, 6.07) is 4.11. The number of piperazine rings is 1. The number of nitrogens with one attached hydrogen (secondary N) is 2. The number of carbonyl (C=O) groups is 3. The molecule has 1 atom stereocenters. The van der Waals surface area contributed by atoms with Crippen LogP contribution < -0.4 is 15.5 Å². The Bertz CT molecular complexity index is 1350. The van der Waals surface area contributed by atoms with Gasteiger partial charge in [0.2, 0.25) is 5.91 Å². The summed E-state index contributed by atoms with van der Waals surface area (Å²) in [6.45, 7) is -0.155. The van der Waals surface area contributed by atoms with Crippen molar-refractivity contribution in [3.8, 4) is 6.07 Å². The van der Waals surface area contributed by atoms with E-state index < -0.39 is 18.9 Å². The number of nitriles is 1. The third-order valence-electron chi connectivity index (χ3n) is 6.01. The molecule has 2 N–H and O–H groups in total. The number of rotatable bonds is 8. The van der Waals surface area contributed by atoms with Gasteiger partial charge in [0.05, 0.1) is 24.4 Å². The van der Waals surface area contributed by atoms with E-state index in [1.54, 1.807) is 11.0 Å². The molecule has 1 fully saturated rings. The van der Waals surface area contributed by atoms with Crippen LogP contribution in [0.5, 0.6) is 0 Å². The van der Waals surface area contributed by atoms with Gasteiger partial charge in [-0.15, -0.1) is 0 Å². The normalized spacial score (nSPS) is 20.2. The summed E-state index contributed by atoms with van der Waals surface area (Å²) in [5.74, 6) is -0.146. The zero-order chi connectivity index (χ0) is 29.0. The quantitative estimate of drug-likeness (QED) is 0.399. The second-order valence-electron chi connectivity index (χ2n) is 8.64. The van der Waals surface area contributed by atoms with E-state index in [-0.39, 0.29) is 48.3 Å². The maximum Gasteiger partial charge on any atom is 0.328 e. The molecule has 0 bridgehead atoms. The first-order valence-corrected chi connectivity index (χ1v) is 11.7. The highest BCUT2D eigenvalue weighted by Crippen LogP contribution is 2.29. The van der Waals surface area contributed by atoms with Gasteiger partial charge in [-0.05, 0) is 31.5 Å². The predicted octanol–water partition coefficient (Wildman–Crippen LogP) is 1.48. The van der Waals surface area contributed by atoms with Crippen molar-refractivity contribution in [2.75, 3.05) is 69.0 Å². The Hall–Kier alpha value is -4.08. The van der Waals surface area contributed by atoms with Gasteiger partial charge in [0, 0.05) is 61.7 Å². The Balaban J connectivity index is 1.65. The number of pyridine rings is 2. The van der Waals surface area contributed by atoms with Crippen LogP contribution in [0.1, 0.15) is 37.7 Å². The molecule has 0 aliphatic carbocycles. The molecule has 0 aromatic carbocycles. The minimum Gasteiger partial charge on any atom is -0.383 e. The van der Waals surface area contributed by atoms with Crippen molar-refractivity contribution in [1.82, 2.24) is 19.8 Å². The SMILES string of the molecule is [2H]C1Cc2cc(CN3CCN(C)CC3=O)c(C=O)nc2N(C(=O)Nc2cc(NCCOC)c(C#N)cn2)C1([2H])[2H]. The van der Waals surface area contributed by atoms with Crippen molar-refractivity contribution < 1.29 is 23.2 Å². The van der Waals surface area contributed by atoms with E-state index in [1.165, 1.54) is 19.4 Å². The van der Waals surface area contributed by atoms with Crippen molar-refractivity contribution in [1.29, 1.82) is 5.26 Å². The second kappa shape index (κ2) is 11.8. The van der Waals surface area contributed by atoms with E-state index in [9.17, 15) is 19.6 Å². The number of amides is 3. The van der Waals surface area contributed by atoms with Crippen LogP contribution in [0.4, 0.5) is 22.1 Å². The largest absolute Gasteiger partial charge is 0.383 e. The molecule has 4 rings (SSSR count). The number of carbonyl (C=O) groups excluding carboxylic acids is 3. The van der Waals surface area contributed by atoms with E-state index >= 15 is 0 Å². The Labute approximate surface area is 219 Å². The third kappa shape index (κ3) is 6.02. The number of anilines is 3. The molecule has 12 heteroatoms. The standard InChI is InChI=1S/C25H30N8O4/c1-31-7-8-32(23(35)15-31)14-18-10-17-4-3-6-33(24(17)29-21(18)16-34)25(36)30-22-11-20(27-5-9-37-2)19(12-26)13-28-22/h10-11,13,16H,3-9,14-15H2,1-2H3,(H2,27,28,30,36)/i3D,6D2. The lowest BCUT2D eigenvalue weighted by atomic mass is 10.0. The number of likely N-dealkylation sites (N-methyl/N-ethyl adjacent to an activating group) is 1. The molecule has 4 heterocycles. The minimum absolute atomic E-state index is 0.0244. The molecule has 37 heavy (non-hydrogen) atoms. The fourth-order valence-corrected chi connectivity index (χ4v) is 4.05. The van der Waals surface area contributed by atoms with E-state index in [4.69, 9.17) is 8.85 Å². The average Bonchev–Trinajstić information content (AvgIpc) is 2.91. The number of aldehydes is 1. The van der Waals surface area contributed by atoms with Crippen LogP contribution in [0.3, 0.4) is 0 Å². The minimum atomic E-state index is -2.47. The molecule has 1 unspecified atom stereocenters. The summed E-state index contributed by atoms with van der Waals surface area (Å²) in [4.78, 5) is 50.6. The fraction of sp³-hybridized carbons (Fsp3) is 0.440. The van der Waals surface area contributed by atoms with Gasteiger partial charge in [-0.25, -0.2) is 14.8 Å². The number of hydrogen-bond acceptors (Lipinski definition) is 9. The summed E-state index contributed by atoms with van der Waals surface area (Å²) < 4.78 is 30.5. The molecule has 3 amide bonds. The van der Waals surface area contributed by atoms with Crippen molar-refractivity contribution in [3.05, 3.63) is 40.7 Å². The Morgan fingerprint density at radius 2 is 2.22 bits per heavy atom. The third-order valence-corrected chi connectivity index (χ3v) is 6.01. The van der Waals surface area contributed by atoms with Gasteiger partial charge in [-0.3, -0.25) is 24.7 Å². The summed E-state index contributed by atoms with van der Waals surface area (Å²) >= 11 is 0. The predicted molar refractivity (Wildman–Crippen MR) is 137 cm³/mol. The van der Waals surface area contributed by atoms with E-state index in [1.807, 2.05) is 18.0 Å². The van der Waals surface area contributed by atoms with Gasteiger partial charge >= 0.3 is 6.03 Å². The van der Waals surface area contributed by atoms with Gasteiger partial charge < -0.3 is 15.0 Å². The average molecular weight is 510 g/mol. The smallest absolute Gasteiger partial charge is 0.328 e. The molecule has 12 nitrogen and oxygen atoms in total. The van der Waals surface area contributed by atoms with Crippen LogP contribution in [0, 0.1) is 11.3 Å². The van der Waals surface area contributed by atoms with Gasteiger partial charge in [-0.2, -0.15) is 5.26 Å². The summed E-state index contributed by atoms with van der Waals surface area (Å²) in [5, 5.41) is 14.9. The molecule has 0 spiro atoms. The maximum atomic E-state index is 13.5. The van der Waals surface area contributed by atoms with Gasteiger partial charge in [0.15, 0.2) is 6.29 Å². The van der Waals surface area contributed by atoms with Gasteiger partial charge in [0.1, 0.15) is 23.4 Å². The second-order valence-corrected chi connectivity index (χ2v) is 8.64. The molecule has 1 saturated heterocycles. The fourth-order valence-electron chi connectivity index (χ4n) is 4.05. The van der Waals surface area contributed by atoms with Crippen LogP contribution in [0.15, 0.2) is 18.3 Å². The maximum absolute atomic E-state index is 13.5. The zero-order valence-corrected chi connectivity index (χ0v) is 20.7. The number of hydrogen-bond donors (Lipinski definition) is 2. The highest BCUT2D eigenvalue weighted by atomic mass is 16.5. The topological polar surface area (TPSA) is 144 Å². The highest BCUT2D eigenvalue weighted by Gasteiger charge is 2.28. The first-order valence-electron chi connectivity index (χ1n) is 13.3. The molecular formula is C25H30N8O4. The van der Waals surface area contributed by atoms with Crippen LogP contribution in [0.25, 0.3) is 0 Å². The summed E-state index contributed by atoms with van der Waals surface area (Å²) in [6.07, 6.45) is 0.373. The number of methoxy groups -OCH3 is 1. The molecular weight excluding hydrogens is 476 g/mol. The number of urea groups is 1. The first-order chi connectivity index (χ1) is 19.1. The monoisotopic (exact) mass is 509 g/mol. The molecule has 0 saturated carbocycles. The number of aromatic nitrogens is 2. The molecule has 0 radical (unpaired) electrons. The van der Waals surface area contributed by atoms with Crippen LogP contribution in [-0.2, 0) is 22.5 Å². The number of fused-ring (bicyclic) bond motifs is 1. The van der Waals surface area contributed by atoms with Crippen molar-refractivity contribution in [2.24, 2.45) is 0 Å². The lowest BCUT2D eigenvalue weighted by molar-refractivity contribution is -0.136. The lowest BCUT2D eigenvalue weighted by Gasteiger charge is -2.33. The Kier molecular flexibility index (Phi) is 7.04. The van der Waals surface area contributed by atoms with Crippen LogP contribution >= 0.6 is 0 Å². The van der Waals surface area contributed by atoms with Gasteiger partial charge in [-0.1, -0.05) is 0 Å². The molecule has 2 aromatic rings. The Morgan fingerprint density at radius 1 is 1.38 bits per heavy atom. The molecule has 194 valence electrons. The highest BCUT2D eigenvalue weighted by molar-refractivity contribution is 6.01. The molecule has 2 aliphatic rings. The lowest BCUT2D eigenvalue weighted by Crippen LogP contribution is -2.48. The van der Waals surface area contributed by atoms with Gasteiger partial charge in [0.25, 0.3) is 0 Å². The van der Waals surface area contributed by atoms with E-state index in [0.29, 0.717) is 49.3 Å².